The van der Waals surface area contributed by atoms with Gasteiger partial charge in [-0.05, 0) is 20.1 Å². The Morgan fingerprint density at radius 3 is 2.65 bits per heavy atom. The molecule has 0 radical (unpaired) electrons. The van der Waals surface area contributed by atoms with E-state index in [2.05, 4.69) is 19.9 Å². The van der Waals surface area contributed by atoms with Gasteiger partial charge in [0.2, 0.25) is 0 Å². The van der Waals surface area contributed by atoms with Crippen molar-refractivity contribution in [2.75, 3.05) is 37.5 Å². The van der Waals surface area contributed by atoms with Crippen molar-refractivity contribution < 1.29 is 4.74 Å². The van der Waals surface area contributed by atoms with Crippen LogP contribution in [0.15, 0.2) is 10.0 Å². The first kappa shape index (κ1) is 15.5. The standard InChI is InChI=1S/C13H19ClN4OS/c1-9(2)15-8-10-12(18-4-6-19-7-5-18)17-13(20-3)11(14)16-10/h8-9H,4-7H2,1-3H3. The molecule has 20 heavy (non-hydrogen) atoms. The molecule has 1 aliphatic rings. The molecule has 0 bridgehead atoms. The summed E-state index contributed by atoms with van der Waals surface area (Å²) < 4.78 is 5.38. The highest BCUT2D eigenvalue weighted by molar-refractivity contribution is 7.98. The summed E-state index contributed by atoms with van der Waals surface area (Å²) in [6, 6.07) is 0.216. The molecule has 7 heteroatoms. The van der Waals surface area contributed by atoms with E-state index in [0.717, 1.165) is 29.6 Å². The molecule has 0 spiro atoms. The summed E-state index contributed by atoms with van der Waals surface area (Å²) in [5, 5.41) is 1.18. The van der Waals surface area contributed by atoms with Gasteiger partial charge >= 0.3 is 0 Å². The molecule has 0 aromatic carbocycles. The second-order valence-electron chi connectivity index (χ2n) is 4.70. The van der Waals surface area contributed by atoms with Crippen molar-refractivity contribution in [3.05, 3.63) is 10.8 Å². The summed E-state index contributed by atoms with van der Waals surface area (Å²) in [6.45, 7) is 7.09. The number of aliphatic imine (C=N–C) groups is 1. The number of aromatic nitrogens is 2. The minimum atomic E-state index is 0.216. The van der Waals surface area contributed by atoms with E-state index in [0.29, 0.717) is 18.4 Å². The molecular formula is C13H19ClN4OS. The average Bonchev–Trinajstić information content (AvgIpc) is 2.46. The lowest BCUT2D eigenvalue weighted by Gasteiger charge is -2.28. The van der Waals surface area contributed by atoms with Crippen molar-refractivity contribution in [1.29, 1.82) is 0 Å². The van der Waals surface area contributed by atoms with E-state index in [1.165, 1.54) is 11.8 Å². The SMILES string of the molecule is CSc1nc(N2CCOCC2)c(C=NC(C)C)nc1Cl. The molecule has 0 N–H and O–H groups in total. The topological polar surface area (TPSA) is 50.6 Å². The molecule has 0 aliphatic carbocycles. The van der Waals surface area contributed by atoms with Crippen LogP contribution in [0.25, 0.3) is 0 Å². The fraction of sp³-hybridized carbons (Fsp3) is 0.615. The molecule has 2 heterocycles. The van der Waals surface area contributed by atoms with Gasteiger partial charge < -0.3 is 9.64 Å². The molecule has 0 atom stereocenters. The number of hydrogen-bond acceptors (Lipinski definition) is 6. The zero-order valence-electron chi connectivity index (χ0n) is 12.0. The van der Waals surface area contributed by atoms with Gasteiger partial charge in [-0.1, -0.05) is 11.6 Å². The first-order chi connectivity index (χ1) is 9.61. The third-order valence-electron chi connectivity index (χ3n) is 2.83. The fourth-order valence-corrected chi connectivity index (χ4v) is 2.60. The molecule has 0 amide bonds. The number of morpholine rings is 1. The van der Waals surface area contributed by atoms with Crippen LogP contribution < -0.4 is 4.90 Å². The van der Waals surface area contributed by atoms with Crippen molar-refractivity contribution in [1.82, 2.24) is 9.97 Å². The molecule has 0 saturated carbocycles. The van der Waals surface area contributed by atoms with E-state index in [4.69, 9.17) is 16.3 Å². The second-order valence-corrected chi connectivity index (χ2v) is 5.86. The van der Waals surface area contributed by atoms with E-state index in [1.54, 1.807) is 6.21 Å². The van der Waals surface area contributed by atoms with Crippen LogP contribution >= 0.6 is 23.4 Å². The summed E-state index contributed by atoms with van der Waals surface area (Å²) in [4.78, 5) is 15.7. The van der Waals surface area contributed by atoms with Crippen LogP contribution in [0.1, 0.15) is 19.5 Å². The quantitative estimate of drug-likeness (QED) is 0.631. The number of rotatable bonds is 4. The molecule has 1 aliphatic heterocycles. The van der Waals surface area contributed by atoms with Crippen LogP contribution in [0.2, 0.25) is 5.15 Å². The van der Waals surface area contributed by atoms with Gasteiger partial charge in [-0.25, -0.2) is 9.97 Å². The van der Waals surface area contributed by atoms with Gasteiger partial charge in [0.1, 0.15) is 10.7 Å². The Labute approximate surface area is 128 Å². The van der Waals surface area contributed by atoms with Gasteiger partial charge in [0.15, 0.2) is 11.0 Å². The Hall–Kier alpha value is -0.850. The Morgan fingerprint density at radius 1 is 1.35 bits per heavy atom. The predicted molar refractivity (Wildman–Crippen MR) is 84.6 cm³/mol. The van der Waals surface area contributed by atoms with Gasteiger partial charge in [-0.15, -0.1) is 11.8 Å². The number of ether oxygens (including phenoxy) is 1. The molecule has 1 aromatic heterocycles. The largest absolute Gasteiger partial charge is 0.378 e. The van der Waals surface area contributed by atoms with Crippen LogP contribution in [-0.2, 0) is 4.74 Å². The van der Waals surface area contributed by atoms with Crippen LogP contribution in [0.4, 0.5) is 5.82 Å². The van der Waals surface area contributed by atoms with E-state index in [9.17, 15) is 0 Å². The molecule has 1 saturated heterocycles. The number of halogens is 1. The van der Waals surface area contributed by atoms with Crippen molar-refractivity contribution in [3.8, 4) is 0 Å². The van der Waals surface area contributed by atoms with Crippen molar-refractivity contribution in [2.45, 2.75) is 24.9 Å². The van der Waals surface area contributed by atoms with Crippen molar-refractivity contribution in [3.63, 3.8) is 0 Å². The van der Waals surface area contributed by atoms with Crippen LogP contribution in [-0.4, -0.2) is 54.8 Å². The van der Waals surface area contributed by atoms with Crippen molar-refractivity contribution in [2.24, 2.45) is 4.99 Å². The number of nitrogens with zero attached hydrogens (tertiary/aromatic N) is 4. The van der Waals surface area contributed by atoms with Crippen molar-refractivity contribution >= 4 is 35.4 Å². The maximum absolute atomic E-state index is 6.16. The highest BCUT2D eigenvalue weighted by Crippen LogP contribution is 2.26. The van der Waals surface area contributed by atoms with Gasteiger partial charge in [-0.2, -0.15) is 0 Å². The van der Waals surface area contributed by atoms with Gasteiger partial charge in [0.05, 0.1) is 19.4 Å². The highest BCUT2D eigenvalue weighted by atomic mass is 35.5. The lowest BCUT2D eigenvalue weighted by Crippen LogP contribution is -2.37. The molecule has 5 nitrogen and oxygen atoms in total. The van der Waals surface area contributed by atoms with E-state index < -0.39 is 0 Å². The number of thioether (sulfide) groups is 1. The maximum Gasteiger partial charge on any atom is 0.162 e. The third-order valence-corrected chi connectivity index (χ3v) is 3.88. The molecule has 1 fully saturated rings. The summed E-state index contributed by atoms with van der Waals surface area (Å²) in [6.07, 6.45) is 3.71. The zero-order valence-corrected chi connectivity index (χ0v) is 13.5. The van der Waals surface area contributed by atoms with Gasteiger partial charge in [0.25, 0.3) is 0 Å². The molecular weight excluding hydrogens is 296 g/mol. The highest BCUT2D eigenvalue weighted by Gasteiger charge is 2.19. The smallest absolute Gasteiger partial charge is 0.162 e. The number of hydrogen-bond donors (Lipinski definition) is 0. The van der Waals surface area contributed by atoms with E-state index in [1.807, 2.05) is 20.1 Å². The summed E-state index contributed by atoms with van der Waals surface area (Å²) in [5.41, 5.74) is 0.725. The minimum absolute atomic E-state index is 0.216. The minimum Gasteiger partial charge on any atom is -0.378 e. The first-order valence-corrected chi connectivity index (χ1v) is 8.19. The Morgan fingerprint density at radius 2 is 2.05 bits per heavy atom. The molecule has 0 unspecified atom stereocenters. The van der Waals surface area contributed by atoms with Gasteiger partial charge in [-0.3, -0.25) is 4.99 Å². The predicted octanol–water partition coefficient (Wildman–Crippen LogP) is 2.52. The third kappa shape index (κ3) is 3.84. The van der Waals surface area contributed by atoms with Gasteiger partial charge in [0, 0.05) is 19.1 Å². The summed E-state index contributed by atoms with van der Waals surface area (Å²) >= 11 is 7.66. The first-order valence-electron chi connectivity index (χ1n) is 6.59. The molecule has 1 aromatic rings. The maximum atomic E-state index is 6.16. The monoisotopic (exact) mass is 314 g/mol. The normalized spacial score (nSPS) is 16.4. The average molecular weight is 315 g/mol. The Bertz CT molecular complexity index is 490. The Balaban J connectivity index is 2.38. The summed E-state index contributed by atoms with van der Waals surface area (Å²) in [7, 11) is 0. The second kappa shape index (κ2) is 7.24. The lowest BCUT2D eigenvalue weighted by atomic mass is 10.3. The molecule has 2 rings (SSSR count). The summed E-state index contributed by atoms with van der Waals surface area (Å²) in [5.74, 6) is 0.839. The van der Waals surface area contributed by atoms with Crippen LogP contribution in [0.3, 0.4) is 0 Å². The van der Waals surface area contributed by atoms with Crippen LogP contribution in [0, 0.1) is 0 Å². The lowest BCUT2D eigenvalue weighted by molar-refractivity contribution is 0.122. The van der Waals surface area contributed by atoms with Crippen LogP contribution in [0.5, 0.6) is 0 Å². The number of anilines is 1. The van der Waals surface area contributed by atoms with E-state index in [-0.39, 0.29) is 6.04 Å². The molecule has 110 valence electrons. The van der Waals surface area contributed by atoms with E-state index >= 15 is 0 Å². The fourth-order valence-electron chi connectivity index (χ4n) is 1.85. The Kier molecular flexibility index (Phi) is 5.63. The zero-order chi connectivity index (χ0) is 14.5.